The van der Waals surface area contributed by atoms with E-state index in [1.54, 1.807) is 13.8 Å². The number of nitrogens with zero attached hydrogens (tertiary/aromatic N) is 1. The van der Waals surface area contributed by atoms with Gasteiger partial charge in [-0.05, 0) is 31.5 Å². The zero-order valence-corrected chi connectivity index (χ0v) is 12.4. The van der Waals surface area contributed by atoms with Crippen molar-refractivity contribution in [2.24, 2.45) is 5.10 Å². The predicted octanol–water partition coefficient (Wildman–Crippen LogP) is 1.03. The van der Waals surface area contributed by atoms with Gasteiger partial charge in [0.15, 0.2) is 11.5 Å². The smallest absolute Gasteiger partial charge is 0.329 e. The normalized spacial score (nSPS) is 10.4. The third-order valence-corrected chi connectivity index (χ3v) is 2.56. The molecule has 1 aromatic rings. The number of ether oxygens (including phenoxy) is 1. The van der Waals surface area contributed by atoms with Gasteiger partial charge in [-0.15, -0.1) is 0 Å². The topological polar surface area (TPSA) is 100 Å². The Bertz CT molecular complexity index is 561. The van der Waals surface area contributed by atoms with Gasteiger partial charge >= 0.3 is 11.8 Å². The third kappa shape index (κ3) is 4.96. The van der Waals surface area contributed by atoms with Crippen LogP contribution in [0.15, 0.2) is 17.2 Å². The van der Waals surface area contributed by atoms with Crippen LogP contribution in [-0.2, 0) is 9.59 Å². The fourth-order valence-corrected chi connectivity index (χ4v) is 1.61. The average molecular weight is 314 g/mol. The summed E-state index contributed by atoms with van der Waals surface area (Å²) in [6.45, 7) is 4.17. The van der Waals surface area contributed by atoms with Crippen LogP contribution in [0.2, 0.25) is 5.02 Å². The molecule has 21 heavy (non-hydrogen) atoms. The highest BCUT2D eigenvalue weighted by Crippen LogP contribution is 2.34. The third-order valence-electron chi connectivity index (χ3n) is 2.27. The first-order valence-electron chi connectivity index (χ1n) is 6.26. The highest BCUT2D eigenvalue weighted by molar-refractivity contribution is 6.35. The molecular formula is C13H16ClN3O4. The van der Waals surface area contributed by atoms with Gasteiger partial charge in [-0.25, -0.2) is 5.43 Å². The maximum Gasteiger partial charge on any atom is 0.329 e. The molecule has 0 radical (unpaired) electrons. The molecule has 1 aromatic carbocycles. The van der Waals surface area contributed by atoms with Crippen molar-refractivity contribution in [2.75, 3.05) is 13.2 Å². The maximum absolute atomic E-state index is 11.3. The number of carbonyl (C=O) groups is 2. The number of rotatable bonds is 5. The molecule has 0 aliphatic rings. The molecular weight excluding hydrogens is 298 g/mol. The number of hydrogen-bond donors (Lipinski definition) is 3. The second-order valence-electron chi connectivity index (χ2n) is 3.84. The lowest BCUT2D eigenvalue weighted by Gasteiger charge is -2.08. The van der Waals surface area contributed by atoms with Gasteiger partial charge in [-0.2, -0.15) is 5.10 Å². The lowest BCUT2D eigenvalue weighted by atomic mass is 10.2. The molecule has 0 spiro atoms. The van der Waals surface area contributed by atoms with Crippen LogP contribution in [0.5, 0.6) is 11.5 Å². The van der Waals surface area contributed by atoms with E-state index in [-0.39, 0.29) is 16.5 Å². The highest BCUT2D eigenvalue weighted by atomic mass is 35.5. The number of nitrogens with one attached hydrogen (secondary N) is 2. The first kappa shape index (κ1) is 16.8. The Hall–Kier alpha value is -2.28. The van der Waals surface area contributed by atoms with E-state index >= 15 is 0 Å². The first-order chi connectivity index (χ1) is 9.99. The molecule has 0 heterocycles. The van der Waals surface area contributed by atoms with Crippen LogP contribution in [0.3, 0.4) is 0 Å². The summed E-state index contributed by atoms with van der Waals surface area (Å²) in [5, 5.41) is 15.7. The summed E-state index contributed by atoms with van der Waals surface area (Å²) in [7, 11) is 0. The molecule has 1 rings (SSSR count). The molecule has 0 aromatic heterocycles. The Balaban J connectivity index is 2.76. The summed E-state index contributed by atoms with van der Waals surface area (Å²) >= 11 is 5.84. The van der Waals surface area contributed by atoms with Gasteiger partial charge in [-0.3, -0.25) is 9.59 Å². The van der Waals surface area contributed by atoms with Crippen molar-refractivity contribution in [3.05, 3.63) is 22.7 Å². The van der Waals surface area contributed by atoms with Gasteiger partial charge in [0.25, 0.3) is 0 Å². The minimum absolute atomic E-state index is 0.0949. The van der Waals surface area contributed by atoms with Crippen molar-refractivity contribution in [1.29, 1.82) is 0 Å². The van der Waals surface area contributed by atoms with E-state index in [2.05, 4.69) is 15.8 Å². The van der Waals surface area contributed by atoms with Crippen LogP contribution in [0.1, 0.15) is 19.4 Å². The van der Waals surface area contributed by atoms with Crippen molar-refractivity contribution in [3.8, 4) is 11.5 Å². The number of amides is 2. The zero-order valence-electron chi connectivity index (χ0n) is 11.6. The molecule has 8 heteroatoms. The van der Waals surface area contributed by atoms with Gasteiger partial charge in [0.2, 0.25) is 0 Å². The van der Waals surface area contributed by atoms with Crippen LogP contribution >= 0.6 is 11.6 Å². The number of phenols is 1. The molecule has 3 N–H and O–H groups in total. The van der Waals surface area contributed by atoms with Gasteiger partial charge in [0.05, 0.1) is 17.8 Å². The molecule has 0 aliphatic carbocycles. The second kappa shape index (κ2) is 8.11. The van der Waals surface area contributed by atoms with Crippen molar-refractivity contribution in [1.82, 2.24) is 10.7 Å². The van der Waals surface area contributed by atoms with E-state index < -0.39 is 11.8 Å². The molecule has 0 atom stereocenters. The standard InChI is InChI=1S/C13H16ClN3O4/c1-3-15-12(19)13(20)17-16-7-8-5-9(14)11(18)10(6-8)21-4-2/h5-7,18H,3-4H2,1-2H3,(H,15,19)(H,17,20)/b16-7-. The number of aromatic hydroxyl groups is 1. The lowest BCUT2D eigenvalue weighted by Crippen LogP contribution is -2.37. The number of hydrazone groups is 1. The lowest BCUT2D eigenvalue weighted by molar-refractivity contribution is -0.139. The zero-order chi connectivity index (χ0) is 15.8. The van der Waals surface area contributed by atoms with Crippen molar-refractivity contribution >= 4 is 29.6 Å². The van der Waals surface area contributed by atoms with Gasteiger partial charge in [0.1, 0.15) is 0 Å². The molecule has 0 fully saturated rings. The minimum atomic E-state index is -0.872. The summed E-state index contributed by atoms with van der Waals surface area (Å²) < 4.78 is 5.21. The fourth-order valence-electron chi connectivity index (χ4n) is 1.39. The fraction of sp³-hybridized carbons (Fsp3) is 0.308. The van der Waals surface area contributed by atoms with E-state index in [1.165, 1.54) is 18.3 Å². The molecule has 0 aliphatic heterocycles. The molecule has 0 saturated heterocycles. The van der Waals surface area contributed by atoms with E-state index in [4.69, 9.17) is 16.3 Å². The largest absolute Gasteiger partial charge is 0.503 e. The number of hydrogen-bond acceptors (Lipinski definition) is 5. The monoisotopic (exact) mass is 313 g/mol. The quantitative estimate of drug-likeness (QED) is 0.429. The summed E-state index contributed by atoms with van der Waals surface area (Å²) in [6.07, 6.45) is 1.28. The number of likely N-dealkylation sites (N-methyl/N-ethyl adjacent to an activating group) is 1. The van der Waals surface area contributed by atoms with Crippen LogP contribution < -0.4 is 15.5 Å². The Morgan fingerprint density at radius 2 is 2.10 bits per heavy atom. The number of halogens is 1. The molecule has 7 nitrogen and oxygen atoms in total. The number of phenolic OH excluding ortho intramolecular Hbond substituents is 1. The Morgan fingerprint density at radius 3 is 2.71 bits per heavy atom. The van der Waals surface area contributed by atoms with E-state index in [0.29, 0.717) is 18.7 Å². The molecule has 0 bridgehead atoms. The van der Waals surface area contributed by atoms with Crippen molar-refractivity contribution in [2.45, 2.75) is 13.8 Å². The van der Waals surface area contributed by atoms with Crippen molar-refractivity contribution < 1.29 is 19.4 Å². The maximum atomic E-state index is 11.3. The predicted molar refractivity (Wildman–Crippen MR) is 78.7 cm³/mol. The molecule has 114 valence electrons. The highest BCUT2D eigenvalue weighted by Gasteiger charge is 2.11. The first-order valence-corrected chi connectivity index (χ1v) is 6.63. The summed E-state index contributed by atoms with van der Waals surface area (Å²) in [5.41, 5.74) is 2.57. The van der Waals surface area contributed by atoms with Gasteiger partial charge in [0, 0.05) is 6.54 Å². The average Bonchev–Trinajstić information content (AvgIpc) is 2.44. The number of carbonyl (C=O) groups excluding carboxylic acids is 2. The Kier molecular flexibility index (Phi) is 6.48. The molecule has 0 saturated carbocycles. The van der Waals surface area contributed by atoms with Crippen LogP contribution in [-0.4, -0.2) is 36.3 Å². The Labute approximate surface area is 126 Å². The van der Waals surface area contributed by atoms with Crippen LogP contribution in [0.4, 0.5) is 0 Å². The van der Waals surface area contributed by atoms with Crippen LogP contribution in [0.25, 0.3) is 0 Å². The van der Waals surface area contributed by atoms with Gasteiger partial charge in [-0.1, -0.05) is 11.6 Å². The SMILES string of the molecule is CCNC(=O)C(=O)N/N=C\c1cc(Cl)c(O)c(OCC)c1. The minimum Gasteiger partial charge on any atom is -0.503 e. The van der Waals surface area contributed by atoms with Crippen LogP contribution in [0, 0.1) is 0 Å². The second-order valence-corrected chi connectivity index (χ2v) is 4.25. The summed E-state index contributed by atoms with van der Waals surface area (Å²) in [4.78, 5) is 22.4. The molecule has 2 amide bonds. The Morgan fingerprint density at radius 1 is 1.38 bits per heavy atom. The van der Waals surface area contributed by atoms with Crippen molar-refractivity contribution in [3.63, 3.8) is 0 Å². The van der Waals surface area contributed by atoms with E-state index in [1.807, 2.05) is 0 Å². The van der Waals surface area contributed by atoms with E-state index in [0.717, 1.165) is 0 Å². The summed E-state index contributed by atoms with van der Waals surface area (Å²) in [6, 6.07) is 2.95. The van der Waals surface area contributed by atoms with E-state index in [9.17, 15) is 14.7 Å². The van der Waals surface area contributed by atoms with Gasteiger partial charge < -0.3 is 15.2 Å². The number of benzene rings is 1. The summed E-state index contributed by atoms with van der Waals surface area (Å²) in [5.74, 6) is -1.60. The molecule has 0 unspecified atom stereocenters.